The number of hydrogen-bond acceptors (Lipinski definition) is 3. The van der Waals surface area contributed by atoms with Crippen LogP contribution in [0.3, 0.4) is 0 Å². The third-order valence-corrected chi connectivity index (χ3v) is 2.95. The lowest BCUT2D eigenvalue weighted by Crippen LogP contribution is -1.89. The Morgan fingerprint density at radius 1 is 1.12 bits per heavy atom. The smallest absolute Gasteiger partial charge is 0.115 e. The SMILES string of the molecule is Cc1cc(C2CC2)ncn1.c1ccc2c(c1)N2. The van der Waals surface area contributed by atoms with Crippen LogP contribution in [0.2, 0.25) is 0 Å². The maximum atomic E-state index is 4.19. The van der Waals surface area contributed by atoms with Gasteiger partial charge >= 0.3 is 0 Å². The van der Waals surface area contributed by atoms with Gasteiger partial charge in [-0.25, -0.2) is 9.97 Å². The van der Waals surface area contributed by atoms with Crippen LogP contribution in [0.5, 0.6) is 0 Å². The van der Waals surface area contributed by atoms with Crippen LogP contribution in [0.4, 0.5) is 11.4 Å². The Bertz CT molecular complexity index is 511. The molecule has 1 aliphatic carbocycles. The molecule has 0 radical (unpaired) electrons. The van der Waals surface area contributed by atoms with Crippen molar-refractivity contribution in [3.63, 3.8) is 0 Å². The second kappa shape index (κ2) is 4.17. The van der Waals surface area contributed by atoms with Crippen molar-refractivity contribution in [1.29, 1.82) is 0 Å². The van der Waals surface area contributed by atoms with Crippen molar-refractivity contribution in [2.24, 2.45) is 0 Å². The molecule has 0 spiro atoms. The first-order valence-electron chi connectivity index (χ1n) is 5.97. The van der Waals surface area contributed by atoms with Gasteiger partial charge in [0.2, 0.25) is 0 Å². The van der Waals surface area contributed by atoms with Crippen LogP contribution < -0.4 is 5.32 Å². The highest BCUT2D eigenvalue weighted by molar-refractivity contribution is 5.89. The molecule has 1 fully saturated rings. The van der Waals surface area contributed by atoms with Crippen LogP contribution in [0.15, 0.2) is 36.7 Å². The number of nitrogens with zero attached hydrogens (tertiary/aromatic N) is 2. The van der Waals surface area contributed by atoms with E-state index in [2.05, 4.69) is 33.5 Å². The molecule has 2 heterocycles. The lowest BCUT2D eigenvalue weighted by atomic mass is 10.2. The van der Waals surface area contributed by atoms with Gasteiger partial charge < -0.3 is 5.32 Å². The van der Waals surface area contributed by atoms with Gasteiger partial charge in [-0.15, -0.1) is 0 Å². The van der Waals surface area contributed by atoms with E-state index in [4.69, 9.17) is 0 Å². The summed E-state index contributed by atoms with van der Waals surface area (Å²) in [7, 11) is 0. The van der Waals surface area contributed by atoms with Crippen LogP contribution >= 0.6 is 0 Å². The third kappa shape index (κ3) is 2.61. The Hall–Kier alpha value is -1.90. The molecule has 4 rings (SSSR count). The molecular weight excluding hydrogens is 210 g/mol. The van der Waals surface area contributed by atoms with E-state index in [1.165, 1.54) is 29.9 Å². The summed E-state index contributed by atoms with van der Waals surface area (Å²) < 4.78 is 0. The van der Waals surface area contributed by atoms with Crippen molar-refractivity contribution in [2.45, 2.75) is 25.7 Å². The Kier molecular flexibility index (Phi) is 2.52. The number of benzene rings is 1. The lowest BCUT2D eigenvalue weighted by molar-refractivity contribution is 0.965. The molecule has 1 aromatic heterocycles. The lowest BCUT2D eigenvalue weighted by Gasteiger charge is -1.95. The zero-order chi connectivity index (χ0) is 11.7. The number of aryl methyl sites for hydroxylation is 1. The van der Waals surface area contributed by atoms with Crippen LogP contribution in [-0.4, -0.2) is 9.97 Å². The van der Waals surface area contributed by atoms with Crippen LogP contribution in [0, 0.1) is 6.92 Å². The minimum atomic E-state index is 0.752. The molecule has 3 nitrogen and oxygen atoms in total. The standard InChI is InChI=1S/C8H10N2.C6H5N/c1-6-4-8(7-2-3-7)10-5-9-6;1-2-4-6-5(3-1)7-6/h4-5,7H,2-3H2,1H3;1-4,7H. The number of nitrogens with one attached hydrogen (secondary N) is 1. The number of anilines is 2. The molecule has 0 unspecified atom stereocenters. The Morgan fingerprint density at radius 2 is 1.82 bits per heavy atom. The van der Waals surface area contributed by atoms with Gasteiger partial charge in [-0.05, 0) is 38.0 Å². The number of hydrogen-bond donors (Lipinski definition) is 1. The zero-order valence-electron chi connectivity index (χ0n) is 9.85. The van der Waals surface area contributed by atoms with Crippen molar-refractivity contribution in [2.75, 3.05) is 5.32 Å². The molecule has 2 aromatic rings. The molecule has 2 aliphatic rings. The molecule has 0 bridgehead atoms. The first-order chi connectivity index (χ1) is 8.33. The molecule has 1 aliphatic heterocycles. The van der Waals surface area contributed by atoms with Crippen molar-refractivity contribution in [3.8, 4) is 0 Å². The molecule has 1 N–H and O–H groups in total. The van der Waals surface area contributed by atoms with E-state index in [1.807, 2.05) is 19.1 Å². The molecule has 0 atom stereocenters. The zero-order valence-corrected chi connectivity index (χ0v) is 9.85. The highest BCUT2D eigenvalue weighted by Gasteiger charge is 2.24. The number of aromatic nitrogens is 2. The Morgan fingerprint density at radius 3 is 2.35 bits per heavy atom. The maximum absolute atomic E-state index is 4.19. The van der Waals surface area contributed by atoms with Crippen molar-refractivity contribution in [1.82, 2.24) is 9.97 Å². The number of rotatable bonds is 1. The Labute approximate surface area is 101 Å². The van der Waals surface area contributed by atoms with E-state index in [1.54, 1.807) is 6.33 Å². The molecule has 0 amide bonds. The van der Waals surface area contributed by atoms with Gasteiger partial charge in [-0.3, -0.25) is 0 Å². The van der Waals surface area contributed by atoms with E-state index in [-0.39, 0.29) is 0 Å². The second-order valence-corrected chi connectivity index (χ2v) is 4.53. The highest BCUT2D eigenvalue weighted by atomic mass is 15.0. The van der Waals surface area contributed by atoms with Gasteiger partial charge in [0, 0.05) is 17.3 Å². The minimum Gasteiger partial charge on any atom is -0.352 e. The molecular formula is C14H15N3. The van der Waals surface area contributed by atoms with Crippen molar-refractivity contribution >= 4 is 11.4 Å². The van der Waals surface area contributed by atoms with Crippen LogP contribution in [0.25, 0.3) is 0 Å². The fourth-order valence-corrected chi connectivity index (χ4v) is 1.76. The first kappa shape index (κ1) is 10.3. The normalized spacial score (nSPS) is 15.1. The van der Waals surface area contributed by atoms with Gasteiger partial charge in [0.25, 0.3) is 0 Å². The van der Waals surface area contributed by atoms with E-state index in [0.717, 1.165) is 11.6 Å². The highest BCUT2D eigenvalue weighted by Crippen LogP contribution is 2.38. The van der Waals surface area contributed by atoms with E-state index in [9.17, 15) is 0 Å². The van der Waals surface area contributed by atoms with E-state index >= 15 is 0 Å². The molecule has 17 heavy (non-hydrogen) atoms. The minimum absolute atomic E-state index is 0.752. The van der Waals surface area contributed by atoms with Crippen LogP contribution in [0.1, 0.15) is 30.1 Å². The summed E-state index contributed by atoms with van der Waals surface area (Å²) in [6.07, 6.45) is 4.29. The second-order valence-electron chi connectivity index (χ2n) is 4.53. The van der Waals surface area contributed by atoms with Gasteiger partial charge in [0.15, 0.2) is 0 Å². The number of fused-ring (bicyclic) bond motifs is 1. The summed E-state index contributed by atoms with van der Waals surface area (Å²) in [6, 6.07) is 10.3. The quantitative estimate of drug-likeness (QED) is 0.645. The topological polar surface area (TPSA) is 47.7 Å². The largest absolute Gasteiger partial charge is 0.352 e. The van der Waals surface area contributed by atoms with Crippen molar-refractivity contribution < 1.29 is 0 Å². The summed E-state index contributed by atoms with van der Waals surface area (Å²) in [6.45, 7) is 2.01. The molecule has 86 valence electrons. The predicted octanol–water partition coefficient (Wildman–Crippen LogP) is 3.41. The number of para-hydroxylation sites is 2. The monoisotopic (exact) mass is 225 g/mol. The fraction of sp³-hybridized carbons (Fsp3) is 0.286. The summed E-state index contributed by atoms with van der Waals surface area (Å²) in [5.41, 5.74) is 4.87. The average molecular weight is 225 g/mol. The van der Waals surface area contributed by atoms with Crippen molar-refractivity contribution in [3.05, 3.63) is 48.0 Å². The van der Waals surface area contributed by atoms with Crippen LogP contribution in [-0.2, 0) is 0 Å². The summed E-state index contributed by atoms with van der Waals surface area (Å²) >= 11 is 0. The van der Waals surface area contributed by atoms with E-state index < -0.39 is 0 Å². The maximum Gasteiger partial charge on any atom is 0.115 e. The molecule has 3 heteroatoms. The van der Waals surface area contributed by atoms with Gasteiger partial charge in [0.05, 0.1) is 11.4 Å². The average Bonchev–Trinajstić information content (AvgIpc) is 3.23. The van der Waals surface area contributed by atoms with Gasteiger partial charge in [-0.2, -0.15) is 0 Å². The van der Waals surface area contributed by atoms with E-state index in [0.29, 0.717) is 0 Å². The first-order valence-corrected chi connectivity index (χ1v) is 5.97. The molecule has 0 saturated heterocycles. The third-order valence-electron chi connectivity index (χ3n) is 2.95. The van der Waals surface area contributed by atoms with Gasteiger partial charge in [-0.1, -0.05) is 12.1 Å². The molecule has 1 saturated carbocycles. The Balaban J connectivity index is 0.000000113. The van der Waals surface area contributed by atoms with Gasteiger partial charge in [0.1, 0.15) is 6.33 Å². The summed E-state index contributed by atoms with van der Waals surface area (Å²) in [4.78, 5) is 8.23. The molecule has 1 aromatic carbocycles. The fourth-order valence-electron chi connectivity index (χ4n) is 1.76. The summed E-state index contributed by atoms with van der Waals surface area (Å²) in [5.74, 6) is 0.752. The predicted molar refractivity (Wildman–Crippen MR) is 68.5 cm³/mol. The summed E-state index contributed by atoms with van der Waals surface area (Å²) in [5, 5.41) is 3.09.